The van der Waals surface area contributed by atoms with Crippen molar-refractivity contribution < 1.29 is 33.5 Å². The summed E-state index contributed by atoms with van der Waals surface area (Å²) in [7, 11) is 1.31. The van der Waals surface area contributed by atoms with Crippen LogP contribution < -0.4 is 10.1 Å². The maximum absolute atomic E-state index is 12.4. The number of nitrogens with zero attached hydrogens (tertiary/aromatic N) is 1. The maximum atomic E-state index is 12.4. The number of ether oxygens (including phenoxy) is 2. The van der Waals surface area contributed by atoms with Crippen molar-refractivity contribution in [3.05, 3.63) is 58.3 Å². The average molecular weight is 414 g/mol. The Labute approximate surface area is 170 Å². The van der Waals surface area contributed by atoms with Crippen LogP contribution in [0.4, 0.5) is 11.4 Å². The fourth-order valence-electron chi connectivity index (χ4n) is 2.79. The second-order valence-electron chi connectivity index (χ2n) is 6.38. The molecule has 1 atom stereocenters. The Morgan fingerprint density at radius 2 is 2.03 bits per heavy atom. The van der Waals surface area contributed by atoms with Gasteiger partial charge in [-0.2, -0.15) is 0 Å². The highest BCUT2D eigenvalue weighted by atomic mass is 16.6. The quantitative estimate of drug-likeness (QED) is 0.341. The topological polar surface area (TPSA) is 141 Å². The summed E-state index contributed by atoms with van der Waals surface area (Å²) in [6.07, 6.45) is 0.133. The van der Waals surface area contributed by atoms with Crippen LogP contribution in [0.2, 0.25) is 0 Å². The Kier molecular flexibility index (Phi) is 5.86. The minimum atomic E-state index is -1.13. The van der Waals surface area contributed by atoms with Gasteiger partial charge in [0.1, 0.15) is 17.1 Å². The van der Waals surface area contributed by atoms with E-state index in [0.717, 1.165) is 0 Å². The number of nitro benzene ring substituents is 1. The Hall–Kier alpha value is -4.08. The third-order valence-corrected chi connectivity index (χ3v) is 4.31. The van der Waals surface area contributed by atoms with Gasteiger partial charge in [-0.05, 0) is 25.1 Å². The molecular weight excluding hydrogens is 396 g/mol. The Morgan fingerprint density at radius 3 is 2.73 bits per heavy atom. The number of esters is 1. The van der Waals surface area contributed by atoms with Crippen LogP contribution in [0.1, 0.15) is 12.5 Å². The second-order valence-corrected chi connectivity index (χ2v) is 6.38. The molecule has 10 heteroatoms. The molecule has 30 heavy (non-hydrogen) atoms. The minimum absolute atomic E-state index is 0.0398. The molecule has 0 saturated heterocycles. The fraction of sp³-hybridized carbons (Fsp3) is 0.200. The molecule has 0 aliphatic carbocycles. The van der Waals surface area contributed by atoms with Crippen LogP contribution in [0.5, 0.6) is 11.5 Å². The Morgan fingerprint density at radius 1 is 1.27 bits per heavy atom. The number of non-ortho nitro benzene ring substituents is 1. The van der Waals surface area contributed by atoms with E-state index in [1.54, 1.807) is 6.07 Å². The van der Waals surface area contributed by atoms with Crippen molar-refractivity contribution in [1.29, 1.82) is 0 Å². The van der Waals surface area contributed by atoms with Gasteiger partial charge in [0.25, 0.3) is 11.6 Å². The first-order valence-corrected chi connectivity index (χ1v) is 8.80. The van der Waals surface area contributed by atoms with Crippen LogP contribution in [-0.4, -0.2) is 35.1 Å². The minimum Gasteiger partial charge on any atom is -0.508 e. The van der Waals surface area contributed by atoms with Crippen molar-refractivity contribution in [1.82, 2.24) is 0 Å². The monoisotopic (exact) mass is 414 g/mol. The lowest BCUT2D eigenvalue weighted by Gasteiger charge is -2.15. The first-order chi connectivity index (χ1) is 14.3. The molecule has 0 aliphatic rings. The van der Waals surface area contributed by atoms with Gasteiger partial charge in [0.15, 0.2) is 6.10 Å². The lowest BCUT2D eigenvalue weighted by Crippen LogP contribution is -2.30. The Bertz CT molecular complexity index is 1120. The summed E-state index contributed by atoms with van der Waals surface area (Å²) < 4.78 is 15.5. The van der Waals surface area contributed by atoms with E-state index in [-0.39, 0.29) is 29.3 Å². The first kappa shape index (κ1) is 20.6. The third kappa shape index (κ3) is 4.49. The number of furan rings is 1. The van der Waals surface area contributed by atoms with E-state index in [4.69, 9.17) is 13.9 Å². The lowest BCUT2D eigenvalue weighted by molar-refractivity contribution is -0.384. The molecule has 0 fully saturated rings. The summed E-state index contributed by atoms with van der Waals surface area (Å²) in [6, 6.07) is 8.24. The molecule has 2 N–H and O–H groups in total. The fourth-order valence-corrected chi connectivity index (χ4v) is 2.79. The summed E-state index contributed by atoms with van der Waals surface area (Å²) in [5, 5.41) is 23.5. The van der Waals surface area contributed by atoms with Crippen LogP contribution in [0.25, 0.3) is 11.0 Å². The molecule has 0 spiro atoms. The predicted octanol–water partition coefficient (Wildman–Crippen LogP) is 3.17. The van der Waals surface area contributed by atoms with Gasteiger partial charge in [-0.3, -0.25) is 19.7 Å². The first-order valence-electron chi connectivity index (χ1n) is 8.80. The molecule has 156 valence electrons. The highest BCUT2D eigenvalue weighted by Crippen LogP contribution is 2.29. The van der Waals surface area contributed by atoms with Crippen molar-refractivity contribution in [2.45, 2.75) is 19.4 Å². The number of nitrogens with one attached hydrogen (secondary N) is 1. The third-order valence-electron chi connectivity index (χ3n) is 4.31. The molecule has 1 aromatic heterocycles. The summed E-state index contributed by atoms with van der Waals surface area (Å²) in [5.41, 5.74) is 0.995. The van der Waals surface area contributed by atoms with Gasteiger partial charge in [0.2, 0.25) is 0 Å². The number of anilines is 1. The molecule has 0 aliphatic heterocycles. The smallest absolute Gasteiger partial charge is 0.311 e. The number of aromatic hydroxyl groups is 1. The molecule has 3 aromatic rings. The molecule has 0 saturated carbocycles. The van der Waals surface area contributed by atoms with Gasteiger partial charge in [0.05, 0.1) is 36.5 Å². The number of benzene rings is 2. The predicted molar refractivity (Wildman–Crippen MR) is 105 cm³/mol. The number of hydrogen-bond acceptors (Lipinski definition) is 8. The molecule has 10 nitrogen and oxygen atoms in total. The highest BCUT2D eigenvalue weighted by molar-refractivity contribution is 5.96. The van der Waals surface area contributed by atoms with Gasteiger partial charge < -0.3 is 24.3 Å². The Balaban J connectivity index is 1.63. The zero-order chi connectivity index (χ0) is 21.8. The van der Waals surface area contributed by atoms with Gasteiger partial charge in [0, 0.05) is 23.1 Å². The number of amides is 1. The number of rotatable bonds is 7. The lowest BCUT2D eigenvalue weighted by atomic mass is 10.1. The molecule has 2 aromatic carbocycles. The zero-order valence-corrected chi connectivity index (χ0v) is 16.1. The molecule has 3 rings (SSSR count). The molecule has 0 unspecified atom stereocenters. The van der Waals surface area contributed by atoms with Gasteiger partial charge in [-0.1, -0.05) is 0 Å². The van der Waals surface area contributed by atoms with Crippen LogP contribution in [0.15, 0.2) is 47.1 Å². The largest absolute Gasteiger partial charge is 0.508 e. The van der Waals surface area contributed by atoms with Crippen molar-refractivity contribution in [3.8, 4) is 11.5 Å². The molecule has 1 amide bonds. The van der Waals surface area contributed by atoms with E-state index < -0.39 is 22.9 Å². The van der Waals surface area contributed by atoms with Gasteiger partial charge in [-0.25, -0.2) is 0 Å². The van der Waals surface area contributed by atoms with Crippen LogP contribution in [0.3, 0.4) is 0 Å². The van der Waals surface area contributed by atoms with E-state index in [2.05, 4.69) is 5.32 Å². The number of hydrogen-bond donors (Lipinski definition) is 2. The number of nitro groups is 1. The summed E-state index contributed by atoms with van der Waals surface area (Å²) in [6.45, 7) is 1.40. The summed E-state index contributed by atoms with van der Waals surface area (Å²) in [5.74, 6) is -1.14. The standard InChI is InChI=1S/C20H18N2O8/c1-11(20(25)21-16-6-3-13(22(26)27)8-18(16)28-2)30-19(24)7-12-10-29-17-9-14(23)4-5-15(12)17/h3-6,8-11,23H,7H2,1-2H3,(H,21,25)/t11-/m1/s1. The molecule has 0 radical (unpaired) electrons. The zero-order valence-electron chi connectivity index (χ0n) is 16.1. The van der Waals surface area contributed by atoms with Crippen molar-refractivity contribution in [2.24, 2.45) is 0 Å². The maximum Gasteiger partial charge on any atom is 0.311 e. The average Bonchev–Trinajstić information content (AvgIpc) is 3.09. The van der Waals surface area contributed by atoms with E-state index in [9.17, 15) is 24.8 Å². The van der Waals surface area contributed by atoms with Crippen molar-refractivity contribution in [3.63, 3.8) is 0 Å². The number of methoxy groups -OCH3 is 1. The van der Waals surface area contributed by atoms with Crippen molar-refractivity contribution in [2.75, 3.05) is 12.4 Å². The normalized spacial score (nSPS) is 11.7. The van der Waals surface area contributed by atoms with E-state index >= 15 is 0 Å². The number of phenols is 1. The summed E-state index contributed by atoms with van der Waals surface area (Å²) in [4.78, 5) is 34.9. The second kappa shape index (κ2) is 8.52. The van der Waals surface area contributed by atoms with Gasteiger partial charge >= 0.3 is 5.97 Å². The molecule has 0 bridgehead atoms. The summed E-state index contributed by atoms with van der Waals surface area (Å²) >= 11 is 0. The highest BCUT2D eigenvalue weighted by Gasteiger charge is 2.21. The number of carbonyl (C=O) groups is 2. The molecule has 1 heterocycles. The van der Waals surface area contributed by atoms with E-state index in [1.165, 1.54) is 50.6 Å². The van der Waals surface area contributed by atoms with E-state index in [1.807, 2.05) is 0 Å². The van der Waals surface area contributed by atoms with Crippen LogP contribution in [0, 0.1) is 10.1 Å². The number of phenolic OH excluding ortho intramolecular Hbond substituents is 1. The van der Waals surface area contributed by atoms with Crippen LogP contribution >= 0.6 is 0 Å². The van der Waals surface area contributed by atoms with Crippen molar-refractivity contribution >= 4 is 34.2 Å². The van der Waals surface area contributed by atoms with E-state index in [0.29, 0.717) is 16.5 Å². The van der Waals surface area contributed by atoms with Gasteiger partial charge in [-0.15, -0.1) is 0 Å². The van der Waals surface area contributed by atoms with Crippen LogP contribution in [-0.2, 0) is 20.7 Å². The SMILES string of the molecule is COc1cc([N+](=O)[O-])ccc1NC(=O)[C@@H](C)OC(=O)Cc1coc2cc(O)ccc12. The number of fused-ring (bicyclic) bond motifs is 1. The molecular formula is C20H18N2O8. The number of carbonyl (C=O) groups excluding carboxylic acids is 2.